The molecule has 4 aromatic rings. The average Bonchev–Trinajstić information content (AvgIpc) is 3.16. The third-order valence-electron chi connectivity index (χ3n) is 5.54. The summed E-state index contributed by atoms with van der Waals surface area (Å²) in [6, 6.07) is 16.7. The summed E-state index contributed by atoms with van der Waals surface area (Å²) in [6.45, 7) is 2.74. The number of aromatic carboxylic acids is 1. The molecule has 0 saturated heterocycles. The summed E-state index contributed by atoms with van der Waals surface area (Å²) in [5.41, 5.74) is 2.87. The maximum atomic E-state index is 11.8. The summed E-state index contributed by atoms with van der Waals surface area (Å²) in [7, 11) is 0. The molecule has 0 spiro atoms. The van der Waals surface area contributed by atoms with Crippen molar-refractivity contribution in [2.24, 2.45) is 0 Å². The Kier molecular flexibility index (Phi) is 7.03. The standard InChI is InChI=1S/C25H25ClN4O3/c1-16(29-14-23(31)18-4-2-5-20(26)12-18)10-17-6-7-21-19(11-17)13-22(25(32)33)30(21)15-24-27-8-3-9-28-24/h2-9,11-13,16,23,29,31H,10,14-15H2,1H3,(H,32,33). The minimum Gasteiger partial charge on any atom is -0.477 e. The molecule has 170 valence electrons. The second-order valence-corrected chi connectivity index (χ2v) is 8.50. The first kappa shape index (κ1) is 22.9. The quantitative estimate of drug-likeness (QED) is 0.345. The molecule has 4 rings (SSSR count). The van der Waals surface area contributed by atoms with Crippen LogP contribution in [0.3, 0.4) is 0 Å². The zero-order valence-corrected chi connectivity index (χ0v) is 18.9. The van der Waals surface area contributed by atoms with E-state index in [1.165, 1.54) is 0 Å². The maximum Gasteiger partial charge on any atom is 0.352 e. The summed E-state index contributed by atoms with van der Waals surface area (Å²) in [4.78, 5) is 20.3. The molecule has 0 fully saturated rings. The van der Waals surface area contributed by atoms with Crippen LogP contribution < -0.4 is 5.32 Å². The van der Waals surface area contributed by atoms with Gasteiger partial charge in [-0.1, -0.05) is 29.8 Å². The van der Waals surface area contributed by atoms with Crippen molar-refractivity contribution >= 4 is 28.5 Å². The Morgan fingerprint density at radius 1 is 1.12 bits per heavy atom. The third-order valence-corrected chi connectivity index (χ3v) is 5.77. The molecule has 2 heterocycles. The van der Waals surface area contributed by atoms with Crippen LogP contribution in [0, 0.1) is 0 Å². The second kappa shape index (κ2) is 10.1. The minimum absolute atomic E-state index is 0.107. The zero-order valence-electron chi connectivity index (χ0n) is 18.1. The number of rotatable bonds is 9. The van der Waals surface area contributed by atoms with Gasteiger partial charge in [0.05, 0.1) is 12.6 Å². The molecule has 2 aromatic carbocycles. The normalized spacial score (nSPS) is 13.2. The van der Waals surface area contributed by atoms with Gasteiger partial charge in [-0.15, -0.1) is 0 Å². The fourth-order valence-electron chi connectivity index (χ4n) is 3.92. The van der Waals surface area contributed by atoms with Crippen LogP contribution in [-0.2, 0) is 13.0 Å². The molecule has 8 heteroatoms. The maximum absolute atomic E-state index is 11.8. The van der Waals surface area contributed by atoms with Crippen LogP contribution in [0.4, 0.5) is 0 Å². The topological polar surface area (TPSA) is 100 Å². The van der Waals surface area contributed by atoms with Gasteiger partial charge in [0.15, 0.2) is 0 Å². The van der Waals surface area contributed by atoms with E-state index in [-0.39, 0.29) is 18.3 Å². The summed E-state index contributed by atoms with van der Waals surface area (Å²) in [5, 5.41) is 24.9. The van der Waals surface area contributed by atoms with Crippen molar-refractivity contribution in [3.63, 3.8) is 0 Å². The van der Waals surface area contributed by atoms with Gasteiger partial charge in [-0.25, -0.2) is 14.8 Å². The van der Waals surface area contributed by atoms with E-state index in [1.807, 2.05) is 30.3 Å². The summed E-state index contributed by atoms with van der Waals surface area (Å²) >= 11 is 6.01. The number of carbonyl (C=O) groups is 1. The monoisotopic (exact) mass is 464 g/mol. The van der Waals surface area contributed by atoms with E-state index >= 15 is 0 Å². The van der Waals surface area contributed by atoms with Gasteiger partial charge < -0.3 is 20.1 Å². The zero-order chi connectivity index (χ0) is 23.4. The number of hydrogen-bond donors (Lipinski definition) is 3. The van der Waals surface area contributed by atoms with Crippen molar-refractivity contribution in [2.75, 3.05) is 6.54 Å². The van der Waals surface area contributed by atoms with Crippen molar-refractivity contribution in [3.05, 3.63) is 94.7 Å². The predicted octanol–water partition coefficient (Wildman–Crippen LogP) is 4.09. The number of aliphatic hydroxyl groups is 1. The van der Waals surface area contributed by atoms with Crippen LogP contribution in [0.1, 0.15) is 40.5 Å². The first-order valence-electron chi connectivity index (χ1n) is 10.7. The van der Waals surface area contributed by atoms with Gasteiger partial charge in [-0.05, 0) is 60.9 Å². The molecule has 7 nitrogen and oxygen atoms in total. The lowest BCUT2D eigenvalue weighted by Crippen LogP contribution is -2.32. The van der Waals surface area contributed by atoms with E-state index in [4.69, 9.17) is 11.6 Å². The smallest absolute Gasteiger partial charge is 0.352 e. The van der Waals surface area contributed by atoms with Gasteiger partial charge in [0.1, 0.15) is 11.5 Å². The van der Waals surface area contributed by atoms with E-state index in [2.05, 4.69) is 22.2 Å². The Labute approximate surface area is 196 Å². The van der Waals surface area contributed by atoms with Crippen LogP contribution in [0.25, 0.3) is 10.9 Å². The van der Waals surface area contributed by atoms with Crippen LogP contribution in [0.15, 0.2) is 67.0 Å². The Bertz CT molecular complexity index is 1260. The molecule has 33 heavy (non-hydrogen) atoms. The molecule has 2 atom stereocenters. The van der Waals surface area contributed by atoms with E-state index in [9.17, 15) is 15.0 Å². The van der Waals surface area contributed by atoms with E-state index in [1.54, 1.807) is 41.2 Å². The lowest BCUT2D eigenvalue weighted by Gasteiger charge is -2.18. The van der Waals surface area contributed by atoms with Gasteiger partial charge in [0.25, 0.3) is 0 Å². The lowest BCUT2D eigenvalue weighted by molar-refractivity contribution is 0.0686. The average molecular weight is 465 g/mol. The van der Waals surface area contributed by atoms with Crippen molar-refractivity contribution in [1.82, 2.24) is 19.9 Å². The summed E-state index contributed by atoms with van der Waals surface area (Å²) in [5.74, 6) is -0.439. The first-order valence-corrected chi connectivity index (χ1v) is 11.1. The third kappa shape index (κ3) is 5.57. The Morgan fingerprint density at radius 3 is 2.64 bits per heavy atom. The number of aromatic nitrogens is 3. The minimum atomic E-state index is -0.992. The largest absolute Gasteiger partial charge is 0.477 e. The van der Waals surface area contributed by atoms with E-state index in [0.29, 0.717) is 17.4 Å². The van der Waals surface area contributed by atoms with Crippen LogP contribution in [-0.4, -0.2) is 43.3 Å². The number of aliphatic hydroxyl groups excluding tert-OH is 1. The highest BCUT2D eigenvalue weighted by Gasteiger charge is 2.17. The SMILES string of the molecule is CC(Cc1ccc2c(c1)cc(C(=O)O)n2Cc1ncccn1)NCC(O)c1cccc(Cl)c1. The van der Waals surface area contributed by atoms with Gasteiger partial charge >= 0.3 is 5.97 Å². The fraction of sp³-hybridized carbons (Fsp3) is 0.240. The highest BCUT2D eigenvalue weighted by Crippen LogP contribution is 2.23. The molecule has 0 aliphatic rings. The number of nitrogens with zero attached hydrogens (tertiary/aromatic N) is 3. The van der Waals surface area contributed by atoms with Crippen molar-refractivity contribution in [2.45, 2.75) is 32.0 Å². The van der Waals surface area contributed by atoms with Crippen LogP contribution in [0.2, 0.25) is 5.02 Å². The number of nitrogens with one attached hydrogen (secondary N) is 1. The molecule has 3 N–H and O–H groups in total. The molecule has 0 aliphatic heterocycles. The molecule has 0 bridgehead atoms. The van der Waals surface area contributed by atoms with Crippen LogP contribution >= 0.6 is 11.6 Å². The Balaban J connectivity index is 1.47. The van der Waals surface area contributed by atoms with Gasteiger partial charge in [-0.2, -0.15) is 0 Å². The first-order chi connectivity index (χ1) is 15.9. The van der Waals surface area contributed by atoms with E-state index in [0.717, 1.165) is 28.5 Å². The number of carboxylic acids is 1. The second-order valence-electron chi connectivity index (χ2n) is 8.06. The number of hydrogen-bond acceptors (Lipinski definition) is 5. The van der Waals surface area contributed by atoms with Crippen LogP contribution in [0.5, 0.6) is 0 Å². The summed E-state index contributed by atoms with van der Waals surface area (Å²) < 4.78 is 1.72. The van der Waals surface area contributed by atoms with Gasteiger partial charge in [-0.3, -0.25) is 0 Å². The molecule has 0 saturated carbocycles. The van der Waals surface area contributed by atoms with Crippen molar-refractivity contribution in [1.29, 1.82) is 0 Å². The summed E-state index contributed by atoms with van der Waals surface area (Å²) in [6.07, 6.45) is 3.36. The molecular weight excluding hydrogens is 440 g/mol. The molecule has 0 amide bonds. The van der Waals surface area contributed by atoms with Crippen molar-refractivity contribution < 1.29 is 15.0 Å². The molecule has 2 unspecified atom stereocenters. The van der Waals surface area contributed by atoms with E-state index < -0.39 is 12.1 Å². The molecular formula is C25H25ClN4O3. The van der Waals surface area contributed by atoms with Gasteiger partial charge in [0, 0.05) is 40.9 Å². The number of carboxylic acid groups (broad SMARTS) is 1. The number of halogens is 1. The molecule has 0 radical (unpaired) electrons. The Morgan fingerprint density at radius 2 is 1.91 bits per heavy atom. The van der Waals surface area contributed by atoms with Crippen molar-refractivity contribution in [3.8, 4) is 0 Å². The number of benzene rings is 2. The fourth-order valence-corrected chi connectivity index (χ4v) is 4.12. The Hall–Kier alpha value is -3.26. The molecule has 0 aliphatic carbocycles. The number of fused-ring (bicyclic) bond motifs is 1. The predicted molar refractivity (Wildman–Crippen MR) is 128 cm³/mol. The van der Waals surface area contributed by atoms with Gasteiger partial charge in [0.2, 0.25) is 0 Å². The highest BCUT2D eigenvalue weighted by atomic mass is 35.5. The lowest BCUT2D eigenvalue weighted by atomic mass is 10.0. The molecule has 2 aromatic heterocycles. The highest BCUT2D eigenvalue weighted by molar-refractivity contribution is 6.30.